The van der Waals surface area contributed by atoms with Gasteiger partial charge >= 0.3 is 5.97 Å². The lowest BCUT2D eigenvalue weighted by atomic mass is 10.1. The van der Waals surface area contributed by atoms with Gasteiger partial charge in [0.05, 0.1) is 5.56 Å². The molecule has 0 bridgehead atoms. The molecule has 1 aromatic rings. The highest BCUT2D eigenvalue weighted by Gasteiger charge is 2.31. The van der Waals surface area contributed by atoms with Crippen LogP contribution in [0.25, 0.3) is 0 Å². The van der Waals surface area contributed by atoms with Gasteiger partial charge in [-0.05, 0) is 38.4 Å². The summed E-state index contributed by atoms with van der Waals surface area (Å²) in [7, 11) is 0. The van der Waals surface area contributed by atoms with Crippen LogP contribution in [0, 0.1) is 6.92 Å². The van der Waals surface area contributed by atoms with Crippen LogP contribution in [-0.4, -0.2) is 53.2 Å². The molecule has 1 atom stereocenters. The minimum Gasteiger partial charge on any atom is -0.478 e. The molecule has 1 unspecified atom stereocenters. The van der Waals surface area contributed by atoms with Gasteiger partial charge in [-0.15, -0.1) is 0 Å². The van der Waals surface area contributed by atoms with Gasteiger partial charge in [0.2, 0.25) is 0 Å². The first-order valence-corrected chi connectivity index (χ1v) is 6.84. The molecular formula is C14H19N3O2. The number of carboxylic acids is 1. The number of carbonyl (C=O) groups is 1. The van der Waals surface area contributed by atoms with Gasteiger partial charge in [0, 0.05) is 31.4 Å². The number of aromatic nitrogens is 1. The Morgan fingerprint density at radius 2 is 2.21 bits per heavy atom. The van der Waals surface area contributed by atoms with E-state index in [1.807, 2.05) is 6.92 Å². The maximum atomic E-state index is 11.1. The maximum Gasteiger partial charge on any atom is 0.335 e. The van der Waals surface area contributed by atoms with E-state index in [-0.39, 0.29) is 0 Å². The van der Waals surface area contributed by atoms with E-state index in [1.54, 1.807) is 12.1 Å². The van der Waals surface area contributed by atoms with Gasteiger partial charge in [-0.3, -0.25) is 4.90 Å². The molecule has 3 heterocycles. The molecule has 1 N–H and O–H groups in total. The van der Waals surface area contributed by atoms with Crippen molar-refractivity contribution in [2.45, 2.75) is 25.8 Å². The number of aromatic carboxylic acids is 1. The Balaban J connectivity index is 1.83. The second kappa shape index (κ2) is 4.81. The standard InChI is InChI=1S/C14H19N3O2/c1-10-7-11(14(18)19)8-13(15-10)17-6-5-16-4-2-3-12(16)9-17/h7-8,12H,2-6,9H2,1H3,(H,18,19). The molecule has 2 aliphatic heterocycles. The third kappa shape index (κ3) is 2.42. The summed E-state index contributed by atoms with van der Waals surface area (Å²) in [5, 5.41) is 9.13. The van der Waals surface area contributed by atoms with Crippen molar-refractivity contribution >= 4 is 11.8 Å². The number of piperazine rings is 1. The van der Waals surface area contributed by atoms with Gasteiger partial charge in [0.1, 0.15) is 5.82 Å². The van der Waals surface area contributed by atoms with E-state index in [1.165, 1.54) is 19.4 Å². The number of nitrogens with zero attached hydrogens (tertiary/aromatic N) is 3. The third-order valence-corrected chi connectivity index (χ3v) is 4.10. The molecule has 0 spiro atoms. The van der Waals surface area contributed by atoms with Gasteiger partial charge in [-0.2, -0.15) is 0 Å². The fraction of sp³-hybridized carbons (Fsp3) is 0.571. The Morgan fingerprint density at radius 1 is 1.37 bits per heavy atom. The molecule has 0 aliphatic carbocycles. The number of anilines is 1. The van der Waals surface area contributed by atoms with E-state index in [0.29, 0.717) is 11.6 Å². The lowest BCUT2D eigenvalue weighted by Crippen LogP contribution is -2.50. The Labute approximate surface area is 112 Å². The first kappa shape index (κ1) is 12.4. The van der Waals surface area contributed by atoms with Crippen LogP contribution in [-0.2, 0) is 0 Å². The fourth-order valence-corrected chi connectivity index (χ4v) is 3.14. The third-order valence-electron chi connectivity index (χ3n) is 4.10. The quantitative estimate of drug-likeness (QED) is 0.871. The molecule has 0 amide bonds. The van der Waals surface area contributed by atoms with E-state index in [2.05, 4.69) is 14.8 Å². The smallest absolute Gasteiger partial charge is 0.335 e. The summed E-state index contributed by atoms with van der Waals surface area (Å²) in [4.78, 5) is 20.4. The Hall–Kier alpha value is -1.62. The molecule has 5 nitrogen and oxygen atoms in total. The summed E-state index contributed by atoms with van der Waals surface area (Å²) in [6.07, 6.45) is 2.52. The summed E-state index contributed by atoms with van der Waals surface area (Å²) in [6, 6.07) is 3.93. The van der Waals surface area contributed by atoms with E-state index in [0.717, 1.165) is 31.1 Å². The van der Waals surface area contributed by atoms with Crippen molar-refractivity contribution in [3.63, 3.8) is 0 Å². The highest BCUT2D eigenvalue weighted by atomic mass is 16.4. The Bertz CT molecular complexity index is 503. The molecular weight excluding hydrogens is 242 g/mol. The largest absolute Gasteiger partial charge is 0.478 e. The molecule has 2 aliphatic rings. The summed E-state index contributed by atoms with van der Waals surface area (Å²) in [5.41, 5.74) is 1.10. The van der Waals surface area contributed by atoms with Gasteiger partial charge in [0.15, 0.2) is 0 Å². The van der Waals surface area contributed by atoms with Crippen LogP contribution in [0.15, 0.2) is 12.1 Å². The summed E-state index contributed by atoms with van der Waals surface area (Å²) >= 11 is 0. The predicted molar refractivity (Wildman–Crippen MR) is 72.7 cm³/mol. The zero-order chi connectivity index (χ0) is 13.4. The maximum absolute atomic E-state index is 11.1. The summed E-state index contributed by atoms with van der Waals surface area (Å²) in [6.45, 7) is 6.02. The zero-order valence-corrected chi connectivity index (χ0v) is 11.2. The van der Waals surface area contributed by atoms with Crippen LogP contribution in [0.5, 0.6) is 0 Å². The molecule has 19 heavy (non-hydrogen) atoms. The first-order chi connectivity index (χ1) is 9.13. The molecule has 2 fully saturated rings. The van der Waals surface area contributed by atoms with Gasteiger partial charge in [-0.25, -0.2) is 9.78 Å². The number of hydrogen-bond acceptors (Lipinski definition) is 4. The van der Waals surface area contributed by atoms with Crippen LogP contribution in [0.2, 0.25) is 0 Å². The number of fused-ring (bicyclic) bond motifs is 1. The van der Waals surface area contributed by atoms with Crippen LogP contribution in [0.3, 0.4) is 0 Å². The fourth-order valence-electron chi connectivity index (χ4n) is 3.14. The number of aryl methyl sites for hydroxylation is 1. The minimum atomic E-state index is -0.883. The van der Waals surface area contributed by atoms with E-state index >= 15 is 0 Å². The molecule has 5 heteroatoms. The second-order valence-corrected chi connectivity index (χ2v) is 5.44. The lowest BCUT2D eigenvalue weighted by molar-refractivity contribution is 0.0696. The highest BCUT2D eigenvalue weighted by molar-refractivity contribution is 5.88. The summed E-state index contributed by atoms with van der Waals surface area (Å²) in [5.74, 6) is -0.0739. The number of rotatable bonds is 2. The monoisotopic (exact) mass is 261 g/mol. The number of carboxylic acid groups (broad SMARTS) is 1. The van der Waals surface area contributed by atoms with Crippen molar-refractivity contribution in [3.05, 3.63) is 23.4 Å². The van der Waals surface area contributed by atoms with Crippen LogP contribution in [0.4, 0.5) is 5.82 Å². The topological polar surface area (TPSA) is 56.7 Å². The van der Waals surface area contributed by atoms with E-state index in [4.69, 9.17) is 5.11 Å². The SMILES string of the molecule is Cc1cc(C(=O)O)cc(N2CCN3CCCC3C2)n1. The van der Waals surface area contributed by atoms with Crippen LogP contribution >= 0.6 is 0 Å². The van der Waals surface area contributed by atoms with E-state index < -0.39 is 5.97 Å². The Kier molecular flexibility index (Phi) is 3.14. The van der Waals surface area contributed by atoms with Crippen LogP contribution < -0.4 is 4.90 Å². The average molecular weight is 261 g/mol. The second-order valence-electron chi connectivity index (χ2n) is 5.44. The van der Waals surface area contributed by atoms with Crippen molar-refractivity contribution in [1.29, 1.82) is 0 Å². The van der Waals surface area contributed by atoms with Crippen LogP contribution in [0.1, 0.15) is 28.9 Å². The van der Waals surface area contributed by atoms with Gasteiger partial charge < -0.3 is 10.0 Å². The van der Waals surface area contributed by atoms with Crippen molar-refractivity contribution < 1.29 is 9.90 Å². The van der Waals surface area contributed by atoms with Crippen molar-refractivity contribution in [2.24, 2.45) is 0 Å². The molecule has 0 radical (unpaired) electrons. The van der Waals surface area contributed by atoms with Crippen molar-refractivity contribution in [3.8, 4) is 0 Å². The lowest BCUT2D eigenvalue weighted by Gasteiger charge is -2.38. The molecule has 0 aromatic carbocycles. The highest BCUT2D eigenvalue weighted by Crippen LogP contribution is 2.25. The molecule has 2 saturated heterocycles. The van der Waals surface area contributed by atoms with Crippen molar-refractivity contribution in [2.75, 3.05) is 31.1 Å². The average Bonchev–Trinajstić information content (AvgIpc) is 2.85. The molecule has 0 saturated carbocycles. The zero-order valence-electron chi connectivity index (χ0n) is 11.2. The first-order valence-electron chi connectivity index (χ1n) is 6.84. The molecule has 1 aromatic heterocycles. The van der Waals surface area contributed by atoms with Crippen molar-refractivity contribution in [1.82, 2.24) is 9.88 Å². The van der Waals surface area contributed by atoms with Gasteiger partial charge in [0.25, 0.3) is 0 Å². The Morgan fingerprint density at radius 3 is 3.00 bits per heavy atom. The van der Waals surface area contributed by atoms with E-state index in [9.17, 15) is 4.79 Å². The predicted octanol–water partition coefficient (Wildman–Crippen LogP) is 1.37. The number of hydrogen-bond donors (Lipinski definition) is 1. The normalized spacial score (nSPS) is 23.4. The molecule has 102 valence electrons. The number of pyridine rings is 1. The molecule has 3 rings (SSSR count). The van der Waals surface area contributed by atoms with Gasteiger partial charge in [-0.1, -0.05) is 0 Å². The minimum absolute atomic E-state index is 0.330. The summed E-state index contributed by atoms with van der Waals surface area (Å²) < 4.78 is 0.